The first-order chi connectivity index (χ1) is 1.41. The zero-order valence-electron chi connectivity index (χ0n) is 2.46. The largest absolute Gasteiger partial charge is 0.397 e. The summed E-state index contributed by atoms with van der Waals surface area (Å²) in [5.74, 6) is 0. The van der Waals surface area contributed by atoms with Crippen LogP contribution in [-0.4, -0.2) is 11.7 Å². The average Bonchev–Trinajstić information content (AvgIpc) is 0.918. The Balaban J connectivity index is 0. The fourth-order valence-electron chi connectivity index (χ4n) is 0. The quantitative estimate of drug-likeness (QED) is 0.434. The van der Waals surface area contributed by atoms with E-state index in [1.807, 2.05) is 0 Å². The smallest absolute Gasteiger partial charge is 0.0402 e. The second kappa shape index (κ2) is 9.77. The van der Waals surface area contributed by atoms with Crippen molar-refractivity contribution < 1.29 is 22.2 Å². The van der Waals surface area contributed by atoms with E-state index in [1.54, 1.807) is 6.92 Å². The summed E-state index contributed by atoms with van der Waals surface area (Å²) < 4.78 is 0. The van der Waals surface area contributed by atoms with Gasteiger partial charge in [-0.25, -0.2) is 0 Å². The molecule has 2 heteroatoms. The van der Waals surface area contributed by atoms with Gasteiger partial charge in [0.1, 0.15) is 0 Å². The van der Waals surface area contributed by atoms with Gasteiger partial charge in [-0.15, -0.1) is 0 Å². The van der Waals surface area contributed by atoms with E-state index >= 15 is 0 Å². The topological polar surface area (TPSA) is 20.2 Å². The van der Waals surface area contributed by atoms with E-state index in [9.17, 15) is 0 Å². The molecule has 31 valence electrons. The standard InChI is InChI=1S/C2H6O.Cu/c1-2-3;/h3H,2H2,1H3;. The molecule has 0 aromatic rings. The molecule has 0 aliphatic rings. The van der Waals surface area contributed by atoms with Gasteiger partial charge in [0, 0.05) is 23.7 Å². The van der Waals surface area contributed by atoms with E-state index in [-0.39, 0.29) is 23.7 Å². The van der Waals surface area contributed by atoms with Crippen molar-refractivity contribution >= 4 is 0 Å². The summed E-state index contributed by atoms with van der Waals surface area (Å²) in [6.07, 6.45) is 0. The predicted octanol–water partition coefficient (Wildman–Crippen LogP) is -0.00390. The van der Waals surface area contributed by atoms with Gasteiger partial charge in [-0.05, 0) is 6.92 Å². The summed E-state index contributed by atoms with van der Waals surface area (Å²) in [6, 6.07) is 0. The summed E-state index contributed by atoms with van der Waals surface area (Å²) >= 11 is 0. The van der Waals surface area contributed by atoms with Crippen LogP contribution < -0.4 is 0 Å². The molecule has 0 atom stereocenters. The van der Waals surface area contributed by atoms with Crippen molar-refractivity contribution in [3.63, 3.8) is 0 Å². The molecule has 0 rings (SSSR count). The molecule has 1 N–H and O–H groups in total. The third-order valence-electron chi connectivity index (χ3n) is 0. The Morgan fingerprint density at radius 3 is 1.75 bits per heavy atom. The molecule has 0 unspecified atom stereocenters. The molecule has 0 aliphatic carbocycles. The van der Waals surface area contributed by atoms with Crippen LogP contribution in [0.15, 0.2) is 0 Å². The van der Waals surface area contributed by atoms with Crippen LogP contribution in [0.25, 0.3) is 0 Å². The molecular weight excluding hydrogens is 104 g/mol. The molecule has 4 heavy (non-hydrogen) atoms. The number of hydrogen-bond acceptors (Lipinski definition) is 1. The summed E-state index contributed by atoms with van der Waals surface area (Å²) in [6.45, 7) is 1.93. The molecular formula is C2H6CuO. The first-order valence-corrected chi connectivity index (χ1v) is 1.02. The number of aliphatic hydroxyl groups is 1. The van der Waals surface area contributed by atoms with Gasteiger partial charge in [-0.1, -0.05) is 0 Å². The minimum absolute atomic E-state index is 0. The van der Waals surface area contributed by atoms with Crippen molar-refractivity contribution in [2.45, 2.75) is 6.92 Å². The van der Waals surface area contributed by atoms with Crippen LogP contribution in [0.2, 0.25) is 0 Å². The monoisotopic (exact) mass is 109 g/mol. The van der Waals surface area contributed by atoms with E-state index in [1.165, 1.54) is 0 Å². The van der Waals surface area contributed by atoms with Gasteiger partial charge in [-0.2, -0.15) is 0 Å². The first kappa shape index (κ1) is 8.82. The van der Waals surface area contributed by atoms with Crippen LogP contribution in [0.3, 0.4) is 0 Å². The molecule has 0 spiro atoms. The zero-order chi connectivity index (χ0) is 2.71. The maximum Gasteiger partial charge on any atom is 0.0402 e. The van der Waals surface area contributed by atoms with Crippen molar-refractivity contribution in [3.8, 4) is 0 Å². The molecule has 0 aromatic heterocycles. The summed E-state index contributed by atoms with van der Waals surface area (Å²) in [7, 11) is 0. The molecule has 0 saturated carbocycles. The first-order valence-electron chi connectivity index (χ1n) is 1.02. The Bertz CT molecular complexity index is 6.00. The normalized spacial score (nSPS) is 4.50. The number of hydrogen-bond donors (Lipinski definition) is 1. The van der Waals surface area contributed by atoms with Gasteiger partial charge >= 0.3 is 0 Å². The van der Waals surface area contributed by atoms with Crippen molar-refractivity contribution in [1.82, 2.24) is 0 Å². The maximum absolute atomic E-state index is 7.57. The Kier molecular flexibility index (Phi) is 21.6. The van der Waals surface area contributed by atoms with Gasteiger partial charge in [0.05, 0.1) is 0 Å². The van der Waals surface area contributed by atoms with Crippen molar-refractivity contribution in [2.75, 3.05) is 6.61 Å². The third-order valence-corrected chi connectivity index (χ3v) is 0. The third kappa shape index (κ3) is 23.6. The summed E-state index contributed by atoms with van der Waals surface area (Å²) in [5, 5.41) is 7.57. The number of aliphatic hydroxyl groups excluding tert-OH is 1. The number of rotatable bonds is 0. The van der Waals surface area contributed by atoms with Gasteiger partial charge in [-0.3, -0.25) is 0 Å². The van der Waals surface area contributed by atoms with E-state index < -0.39 is 0 Å². The average molecular weight is 110 g/mol. The van der Waals surface area contributed by atoms with E-state index in [0.29, 0.717) is 0 Å². The van der Waals surface area contributed by atoms with Gasteiger partial charge in [0.15, 0.2) is 0 Å². The zero-order valence-corrected chi connectivity index (χ0v) is 3.40. The summed E-state index contributed by atoms with van der Waals surface area (Å²) in [4.78, 5) is 0. The van der Waals surface area contributed by atoms with E-state index in [2.05, 4.69) is 0 Å². The predicted molar refractivity (Wildman–Crippen MR) is 12.8 cm³/mol. The molecule has 0 amide bonds. The van der Waals surface area contributed by atoms with Crippen molar-refractivity contribution in [1.29, 1.82) is 0 Å². The van der Waals surface area contributed by atoms with Crippen LogP contribution in [-0.2, 0) is 17.1 Å². The van der Waals surface area contributed by atoms with Crippen molar-refractivity contribution in [2.24, 2.45) is 0 Å². The van der Waals surface area contributed by atoms with Crippen LogP contribution in [0.4, 0.5) is 0 Å². The van der Waals surface area contributed by atoms with E-state index in [0.717, 1.165) is 0 Å². The van der Waals surface area contributed by atoms with Crippen molar-refractivity contribution in [3.05, 3.63) is 0 Å². The second-order valence-corrected chi connectivity index (χ2v) is 0.316. The van der Waals surface area contributed by atoms with Gasteiger partial charge in [0.25, 0.3) is 0 Å². The Hall–Kier alpha value is 0.479. The van der Waals surface area contributed by atoms with Crippen LogP contribution >= 0.6 is 0 Å². The molecule has 1 radical (unpaired) electrons. The van der Waals surface area contributed by atoms with Gasteiger partial charge in [0.2, 0.25) is 0 Å². The minimum Gasteiger partial charge on any atom is -0.397 e. The Labute approximate surface area is 36.5 Å². The van der Waals surface area contributed by atoms with Crippen LogP contribution in [0, 0.1) is 0 Å². The van der Waals surface area contributed by atoms with E-state index in [4.69, 9.17) is 5.11 Å². The Morgan fingerprint density at radius 2 is 1.75 bits per heavy atom. The van der Waals surface area contributed by atoms with Crippen LogP contribution in [0.5, 0.6) is 0 Å². The SMILES string of the molecule is CCO.[Cu]. The molecule has 1 nitrogen and oxygen atoms in total. The molecule has 0 aromatic carbocycles. The Morgan fingerprint density at radius 1 is 1.75 bits per heavy atom. The minimum atomic E-state index is 0. The molecule has 0 heterocycles. The molecule has 0 bridgehead atoms. The van der Waals surface area contributed by atoms with Gasteiger partial charge < -0.3 is 5.11 Å². The fraction of sp³-hybridized carbons (Fsp3) is 1.00. The molecule has 0 saturated heterocycles. The molecule has 0 aliphatic heterocycles. The molecule has 0 fully saturated rings. The maximum atomic E-state index is 7.57. The second-order valence-electron chi connectivity index (χ2n) is 0.316. The summed E-state index contributed by atoms with van der Waals surface area (Å²) in [5.41, 5.74) is 0. The van der Waals surface area contributed by atoms with Crippen LogP contribution in [0.1, 0.15) is 6.92 Å². The fourth-order valence-corrected chi connectivity index (χ4v) is 0.